The van der Waals surface area contributed by atoms with Gasteiger partial charge in [-0.2, -0.15) is 0 Å². The van der Waals surface area contributed by atoms with Crippen LogP contribution < -0.4 is 60.8 Å². The summed E-state index contributed by atoms with van der Waals surface area (Å²) in [6.45, 7) is 20.5. The van der Waals surface area contributed by atoms with Crippen molar-refractivity contribution in [1.29, 1.82) is 0 Å². The highest BCUT2D eigenvalue weighted by Gasteiger charge is 2.47. The molecule has 12 unspecified atom stereocenters. The fraction of sp³-hybridized carbons (Fsp3) is 0.708. The molecule has 0 aliphatic carbocycles. The van der Waals surface area contributed by atoms with Gasteiger partial charge in [0.15, 0.2) is 46.0 Å². The van der Waals surface area contributed by atoms with E-state index in [4.69, 9.17) is 121 Å². The molecular formula is C96H152N8O16. The van der Waals surface area contributed by atoms with Crippen LogP contribution in [0.2, 0.25) is 0 Å². The van der Waals surface area contributed by atoms with Crippen molar-refractivity contribution in [3.05, 3.63) is 92.8 Å². The van der Waals surface area contributed by atoms with E-state index in [0.717, 1.165) is 0 Å². The summed E-state index contributed by atoms with van der Waals surface area (Å²) in [7, 11) is 1.58. The van der Waals surface area contributed by atoms with Crippen molar-refractivity contribution < 1.29 is 117 Å². The van der Waals surface area contributed by atoms with Gasteiger partial charge in [0.2, 0.25) is 0 Å². The molecule has 16 atom stereocenters. The Morgan fingerprint density at radius 3 is 0.683 bits per heavy atom. The van der Waals surface area contributed by atoms with Crippen molar-refractivity contribution in [2.75, 3.05) is 109 Å². The number of hydrogen-bond donors (Lipinski definition) is 4. The van der Waals surface area contributed by atoms with Crippen LogP contribution in [0.5, 0.6) is 46.0 Å². The van der Waals surface area contributed by atoms with Crippen LogP contribution in [-0.4, -0.2) is 201 Å². The maximum Gasteiger partial charge on any atom is 0.323 e. The first-order valence-corrected chi connectivity index (χ1v) is 42.0. The fourth-order valence-corrected chi connectivity index (χ4v) is 16.5. The Balaban J connectivity index is 0.000000222. The SMILES string of the molecule is [2H]c1c(OC)c(OC([2H])([2H])[2H])c([2H])c2c1C1CC(OC(=O)[C@@H](N)C(C)C)C(CC(C)C)CN1C([2H])([2H])C2([2H])[2H].[2H]c1c(OC)c(OC([2H])([2H])[2H])c([2H])c2c1C1CC(OC(=O)[C@@H](N)C(C)C)C(CC(C)C)CN1C([2H])([2H])C2([2H])[2H].[2H]c1c(OC)c(OC)c([2H])c2c1C1CC(OC(=O)[C@@H](N)C(C)C)C(CC(C)C)CN1C([2H])([2H])C2([2H])[2H].[2H]c1c(OC)c(OC)c([2H])c2c1C1CC(OC(=O)[C@@H](N)C(C)C)C(CC(C)C)CN1C([2H])([2H])C2([2H])[2H]. The number of esters is 4. The molecule has 8 N–H and O–H groups in total. The summed E-state index contributed by atoms with van der Waals surface area (Å²) in [5.41, 5.74) is 23.0. The third-order valence-electron chi connectivity index (χ3n) is 23.2. The third kappa shape index (κ3) is 23.8. The quantitative estimate of drug-likeness (QED) is 0.0303. The molecule has 4 saturated heterocycles. The van der Waals surface area contributed by atoms with Crippen LogP contribution in [0, 0.1) is 71.0 Å². The lowest BCUT2D eigenvalue weighted by atomic mass is 9.79. The highest BCUT2D eigenvalue weighted by atomic mass is 16.6. The van der Waals surface area contributed by atoms with Gasteiger partial charge in [-0.15, -0.1) is 0 Å². The summed E-state index contributed by atoms with van der Waals surface area (Å²) < 4.78 is 322. The summed E-state index contributed by atoms with van der Waals surface area (Å²) in [5.74, 6) is -5.63. The van der Waals surface area contributed by atoms with Crippen molar-refractivity contribution in [2.24, 2.45) is 93.9 Å². The fourth-order valence-electron chi connectivity index (χ4n) is 16.5. The van der Waals surface area contributed by atoms with Gasteiger partial charge in [-0.3, -0.25) is 38.8 Å². The number of carbonyl (C=O) groups is 4. The van der Waals surface area contributed by atoms with Gasteiger partial charge in [0.25, 0.3) is 0 Å². The van der Waals surface area contributed by atoms with Crippen molar-refractivity contribution in [3.63, 3.8) is 0 Å². The summed E-state index contributed by atoms with van der Waals surface area (Å²) in [5, 5.41) is 0. The normalized spacial score (nSPS) is 32.1. The average Bonchev–Trinajstić information content (AvgIpc) is 0.704. The number of nitrogens with zero attached hydrogens (tertiary/aromatic N) is 4. The third-order valence-corrected chi connectivity index (χ3v) is 23.2. The van der Waals surface area contributed by atoms with Gasteiger partial charge in [0.1, 0.15) is 48.6 Å². The van der Waals surface area contributed by atoms with Crippen LogP contribution in [0.25, 0.3) is 0 Å². The van der Waals surface area contributed by atoms with Crippen molar-refractivity contribution in [1.82, 2.24) is 19.6 Å². The van der Waals surface area contributed by atoms with Gasteiger partial charge < -0.3 is 79.8 Å². The van der Waals surface area contributed by atoms with Crippen LogP contribution >= 0.6 is 0 Å². The molecular weight excluding hydrogens is 1520 g/mol. The number of ether oxygens (including phenoxy) is 12. The van der Waals surface area contributed by atoms with Gasteiger partial charge in [0, 0.05) is 148 Å². The zero-order valence-electron chi connectivity index (χ0n) is 104. The topological polar surface area (TPSA) is 296 Å². The molecule has 0 bridgehead atoms. The van der Waals surface area contributed by atoms with Crippen LogP contribution in [-0.2, 0) is 63.6 Å². The average molecular weight is 1700 g/mol. The van der Waals surface area contributed by atoms with Crippen LogP contribution in [0.4, 0.5) is 0 Å². The van der Waals surface area contributed by atoms with Crippen LogP contribution in [0.3, 0.4) is 0 Å². The largest absolute Gasteiger partial charge is 0.493 e. The van der Waals surface area contributed by atoms with E-state index in [1.54, 1.807) is 27.7 Å². The molecule has 8 aliphatic rings. The zero-order chi connectivity index (χ0) is 114. The lowest BCUT2D eigenvalue weighted by Gasteiger charge is -2.47. The second-order valence-electron chi connectivity index (χ2n) is 35.3. The molecule has 4 fully saturated rings. The second-order valence-corrected chi connectivity index (χ2v) is 35.3. The first-order chi connectivity index (χ1) is 68.7. The molecule has 8 aliphatic heterocycles. The molecule has 8 heterocycles. The molecule has 24 heteroatoms. The maximum atomic E-state index is 12.9. The predicted octanol–water partition coefficient (Wildman–Crippen LogP) is 14.3. The van der Waals surface area contributed by atoms with Crippen LogP contribution in [0.15, 0.2) is 48.3 Å². The number of piperidine rings is 4. The van der Waals surface area contributed by atoms with E-state index in [1.165, 1.54) is 62.3 Å². The molecule has 0 saturated carbocycles. The van der Waals surface area contributed by atoms with E-state index in [-0.39, 0.29) is 215 Å². The van der Waals surface area contributed by atoms with Gasteiger partial charge in [-0.05, 0) is 191 Å². The first kappa shape index (κ1) is 62.0. The molecule has 0 spiro atoms. The number of fused-ring (bicyclic) bond motifs is 12. The summed E-state index contributed by atoms with van der Waals surface area (Å²) >= 11 is 0. The Hall–Kier alpha value is -7.16. The number of hydrogen-bond acceptors (Lipinski definition) is 24. The molecule has 4 aromatic rings. The summed E-state index contributed by atoms with van der Waals surface area (Å²) in [6, 6.07) is -10.2. The zero-order valence-corrected chi connectivity index (χ0v) is 74.0. The Morgan fingerprint density at radius 1 is 0.333 bits per heavy atom. The van der Waals surface area contributed by atoms with E-state index < -0.39 is 209 Å². The van der Waals surface area contributed by atoms with Crippen LogP contribution in [0.1, 0.15) is 272 Å². The Bertz CT molecular complexity index is 5180. The smallest absolute Gasteiger partial charge is 0.323 e. The highest BCUT2D eigenvalue weighted by Crippen LogP contribution is 2.50. The minimum atomic E-state index is -3.03. The number of rotatable bonds is 28. The standard InChI is InChI=1S/4C24H38N2O4/c4*1-14(2)9-17-13-26-8-7-16-10-21(28-5)22(29-6)11-18(16)19(26)12-20(17)30-24(27)23(25)15(3)4/h4*10-11,14-15,17,19-20,23H,7-9,12-13,25H2,1-6H3/t4*17?,19?,20?,23-/m0000/s1/i2*5D3,7D2,8D2,10D,11D;2*7D2,8D2,10D,11D. The first-order valence-electron chi connectivity index (χ1n) is 57.0. The molecule has 120 heavy (non-hydrogen) atoms. The second kappa shape index (κ2) is 43.9. The molecule has 672 valence electrons. The minimum Gasteiger partial charge on any atom is -0.493 e. The number of nitrogens with two attached hydrogens (primary N) is 4. The molecule has 0 aromatic heterocycles. The van der Waals surface area contributed by atoms with Crippen molar-refractivity contribution in [3.8, 4) is 46.0 Å². The molecule has 0 amide bonds. The predicted molar refractivity (Wildman–Crippen MR) is 471 cm³/mol. The minimum absolute atomic E-state index is 0.0147. The van der Waals surface area contributed by atoms with Gasteiger partial charge in [-0.1, -0.05) is 111 Å². The molecule has 4 aromatic carbocycles. The van der Waals surface area contributed by atoms with E-state index in [9.17, 15) is 19.2 Å². The van der Waals surface area contributed by atoms with Gasteiger partial charge in [0.05, 0.1) is 75.9 Å². The molecule has 12 rings (SSSR count). The van der Waals surface area contributed by atoms with E-state index >= 15 is 0 Å². The number of benzene rings is 4. The van der Waals surface area contributed by atoms with Gasteiger partial charge in [-0.25, -0.2) is 0 Å². The molecule has 0 radical (unpaired) electrons. The van der Waals surface area contributed by atoms with E-state index in [1.807, 2.05) is 83.1 Å². The Morgan fingerprint density at radius 2 is 0.517 bits per heavy atom. The lowest BCUT2D eigenvalue weighted by molar-refractivity contribution is -0.161. The number of methoxy groups -OCH3 is 8. The lowest BCUT2D eigenvalue weighted by Crippen LogP contribution is -2.51. The molecule has 24 nitrogen and oxygen atoms in total. The van der Waals surface area contributed by atoms with Crippen molar-refractivity contribution >= 4 is 23.9 Å². The summed E-state index contributed by atoms with van der Waals surface area (Å²) in [6.07, 6.45) is -10.8. The summed E-state index contributed by atoms with van der Waals surface area (Å²) in [4.78, 5) is 56.9. The van der Waals surface area contributed by atoms with E-state index in [0.29, 0.717) is 25.7 Å². The monoisotopic (exact) mass is 1700 g/mol. The Labute approximate surface area is 760 Å². The highest BCUT2D eigenvalue weighted by molar-refractivity contribution is 5.77. The van der Waals surface area contributed by atoms with E-state index in [2.05, 4.69) is 0 Å². The van der Waals surface area contributed by atoms with Gasteiger partial charge >= 0.3 is 23.9 Å². The number of carbonyl (C=O) groups excluding carboxylic acids is 4. The Kier molecular flexibility index (Phi) is 22.7. The van der Waals surface area contributed by atoms with Crippen molar-refractivity contribution in [2.45, 2.75) is 260 Å². The maximum absolute atomic E-state index is 12.9.